The van der Waals surface area contributed by atoms with Gasteiger partial charge in [0.05, 0.1) is 4.90 Å². The smallest absolute Gasteiger partial charge is 0.253 e. The van der Waals surface area contributed by atoms with Crippen molar-refractivity contribution in [1.82, 2.24) is 4.24 Å². The molecule has 0 heterocycles. The van der Waals surface area contributed by atoms with Crippen molar-refractivity contribution in [2.24, 2.45) is 0 Å². The Balaban J connectivity index is 2.88. The van der Waals surface area contributed by atoms with Gasteiger partial charge in [-0.15, -0.1) is 15.8 Å². The number of hydrogen-bond donors (Lipinski definition) is 2. The summed E-state index contributed by atoms with van der Waals surface area (Å²) in [6.45, 7) is 0. The van der Waals surface area contributed by atoms with Crippen molar-refractivity contribution < 1.29 is 13.2 Å². The lowest BCUT2D eigenvalue weighted by Gasteiger charge is -2.04. The summed E-state index contributed by atoms with van der Waals surface area (Å²) in [5.74, 6) is -0.531. The van der Waals surface area contributed by atoms with E-state index in [1.807, 2.05) is 0 Å². The Morgan fingerprint density at radius 2 is 1.81 bits per heavy atom. The maximum atomic E-state index is 11.2. The molecule has 1 amide bonds. The molecule has 0 aliphatic carbocycles. The number of carbonyl (C=O) groups is 1. The van der Waals surface area contributed by atoms with Crippen LogP contribution in [0.3, 0.4) is 0 Å². The van der Waals surface area contributed by atoms with Gasteiger partial charge < -0.3 is 5.32 Å². The van der Waals surface area contributed by atoms with Crippen LogP contribution in [0.25, 0.3) is 0 Å². The topological polar surface area (TPSA) is 75.3 Å². The molecule has 0 radical (unpaired) electrons. The van der Waals surface area contributed by atoms with Crippen LogP contribution in [0.5, 0.6) is 0 Å². The highest BCUT2D eigenvalue weighted by atomic mass is 35.5. The van der Waals surface area contributed by atoms with Crippen LogP contribution in [0.1, 0.15) is 0 Å². The highest BCUT2D eigenvalue weighted by Gasteiger charge is 2.11. The van der Waals surface area contributed by atoms with E-state index in [-0.39, 0.29) is 16.7 Å². The number of alkyl halides is 1. The van der Waals surface area contributed by atoms with Gasteiger partial charge in [0.1, 0.15) is 5.88 Å². The molecule has 0 unspecified atom stereocenters. The molecule has 0 saturated carbocycles. The van der Waals surface area contributed by atoms with Crippen LogP contribution in [0, 0.1) is 0 Å². The number of amides is 1. The molecule has 88 valence electrons. The molecule has 0 aliphatic rings. The number of rotatable bonds is 4. The van der Waals surface area contributed by atoms with Gasteiger partial charge in [0.25, 0.3) is 10.0 Å². The van der Waals surface area contributed by atoms with Crippen LogP contribution in [-0.4, -0.2) is 20.2 Å². The molecule has 8 heteroatoms. The van der Waals surface area contributed by atoms with Crippen molar-refractivity contribution in [3.05, 3.63) is 24.3 Å². The summed E-state index contributed by atoms with van der Waals surface area (Å²) in [7, 11) is -3.67. The number of halogens is 2. The molecule has 0 aliphatic heterocycles. The van der Waals surface area contributed by atoms with Crippen molar-refractivity contribution in [2.45, 2.75) is 4.90 Å². The Morgan fingerprint density at radius 1 is 1.25 bits per heavy atom. The highest BCUT2D eigenvalue weighted by Crippen LogP contribution is 2.14. The lowest BCUT2D eigenvalue weighted by molar-refractivity contribution is -0.113. The number of benzene rings is 1. The molecule has 1 aromatic rings. The Morgan fingerprint density at radius 3 is 2.25 bits per heavy atom. The second kappa shape index (κ2) is 5.49. The van der Waals surface area contributed by atoms with Gasteiger partial charge in [0.15, 0.2) is 0 Å². The number of anilines is 1. The van der Waals surface area contributed by atoms with Gasteiger partial charge >= 0.3 is 0 Å². The molecule has 1 rings (SSSR count). The first kappa shape index (κ1) is 13.2. The third kappa shape index (κ3) is 3.34. The highest BCUT2D eigenvalue weighted by molar-refractivity contribution is 7.90. The van der Waals surface area contributed by atoms with E-state index in [4.69, 9.17) is 23.4 Å². The number of carbonyl (C=O) groups excluding carboxylic acids is 1. The van der Waals surface area contributed by atoms with E-state index in [1.165, 1.54) is 24.3 Å². The third-order valence-corrected chi connectivity index (χ3v) is 3.62. The summed E-state index contributed by atoms with van der Waals surface area (Å²) in [4.78, 5) is 10.9. The second-order valence-corrected chi connectivity index (χ2v) is 5.15. The molecule has 0 aromatic heterocycles. The second-order valence-electron chi connectivity index (χ2n) is 2.79. The predicted molar refractivity (Wildman–Crippen MR) is 62.0 cm³/mol. The quantitative estimate of drug-likeness (QED) is 0.646. The summed E-state index contributed by atoms with van der Waals surface area (Å²) < 4.78 is 24.1. The summed E-state index contributed by atoms with van der Waals surface area (Å²) in [6.07, 6.45) is 0. The van der Waals surface area contributed by atoms with Crippen LogP contribution in [0.4, 0.5) is 5.69 Å². The van der Waals surface area contributed by atoms with Crippen LogP contribution in [-0.2, 0) is 14.8 Å². The summed E-state index contributed by atoms with van der Waals surface area (Å²) in [6, 6.07) is 5.50. The van der Waals surface area contributed by atoms with Gasteiger partial charge in [-0.05, 0) is 36.0 Å². The van der Waals surface area contributed by atoms with Crippen LogP contribution in [0.2, 0.25) is 0 Å². The zero-order valence-corrected chi connectivity index (χ0v) is 10.2. The fraction of sp³-hybridized carbons (Fsp3) is 0.125. The van der Waals surface area contributed by atoms with E-state index in [0.717, 1.165) is 0 Å². The van der Waals surface area contributed by atoms with E-state index in [0.29, 0.717) is 5.69 Å². The first-order valence-electron chi connectivity index (χ1n) is 4.08. The molecule has 5 nitrogen and oxygen atoms in total. The minimum Gasteiger partial charge on any atom is -0.325 e. The van der Waals surface area contributed by atoms with Crippen molar-refractivity contribution in [3.8, 4) is 0 Å². The molecule has 2 N–H and O–H groups in total. The maximum Gasteiger partial charge on any atom is 0.253 e. The standard InChI is InChI=1S/C8H8Cl2N2O3S/c9-5-8(13)11-6-1-3-7(4-2-6)16(14,15)12-10/h1-4,12H,5H2,(H,11,13). The van der Waals surface area contributed by atoms with Gasteiger partial charge in [0, 0.05) is 5.69 Å². The first-order valence-corrected chi connectivity index (χ1v) is 6.47. The molecule has 0 spiro atoms. The van der Waals surface area contributed by atoms with Crippen molar-refractivity contribution >= 4 is 45.0 Å². The van der Waals surface area contributed by atoms with Crippen molar-refractivity contribution in [2.75, 3.05) is 11.2 Å². The predicted octanol–water partition coefficient (Wildman–Crippen LogP) is 1.30. The minimum absolute atomic E-state index is 0.00590. The first-order chi connectivity index (χ1) is 7.49. The van der Waals surface area contributed by atoms with Crippen LogP contribution >= 0.6 is 23.4 Å². The van der Waals surface area contributed by atoms with Gasteiger partial charge in [-0.1, -0.05) is 0 Å². The Labute approximate surface area is 103 Å². The fourth-order valence-electron chi connectivity index (χ4n) is 0.956. The Hall–Kier alpha value is -0.820. The number of hydrogen-bond acceptors (Lipinski definition) is 3. The number of nitrogens with one attached hydrogen (secondary N) is 2. The van der Waals surface area contributed by atoms with Crippen molar-refractivity contribution in [1.29, 1.82) is 0 Å². The fourth-order valence-corrected chi connectivity index (χ4v) is 1.87. The Bertz CT molecular complexity index is 473. The minimum atomic E-state index is -3.67. The zero-order valence-electron chi connectivity index (χ0n) is 7.91. The molecule has 0 saturated heterocycles. The van der Waals surface area contributed by atoms with Gasteiger partial charge in [-0.25, -0.2) is 8.42 Å². The van der Waals surface area contributed by atoms with E-state index < -0.39 is 10.0 Å². The Kier molecular flexibility index (Phi) is 4.55. The maximum absolute atomic E-state index is 11.2. The normalized spacial score (nSPS) is 11.1. The number of sulfonamides is 1. The monoisotopic (exact) mass is 282 g/mol. The van der Waals surface area contributed by atoms with E-state index in [2.05, 4.69) is 5.32 Å². The summed E-state index contributed by atoms with van der Waals surface area (Å²) in [5, 5.41) is 2.47. The molecule has 1 aromatic carbocycles. The average molecular weight is 283 g/mol. The molecule has 0 atom stereocenters. The molecule has 0 fully saturated rings. The molecular formula is C8H8Cl2N2O3S. The largest absolute Gasteiger partial charge is 0.325 e. The van der Waals surface area contributed by atoms with E-state index in [9.17, 15) is 13.2 Å². The summed E-state index contributed by atoms with van der Waals surface area (Å²) in [5.41, 5.74) is 0.458. The van der Waals surface area contributed by atoms with E-state index >= 15 is 0 Å². The SMILES string of the molecule is O=C(CCl)Nc1ccc(S(=O)(=O)NCl)cc1. The molecular weight excluding hydrogens is 275 g/mol. The van der Waals surface area contributed by atoms with Gasteiger partial charge in [0.2, 0.25) is 5.91 Å². The molecule has 0 bridgehead atoms. The average Bonchev–Trinajstić information content (AvgIpc) is 2.29. The lowest BCUT2D eigenvalue weighted by Crippen LogP contribution is -2.14. The zero-order chi connectivity index (χ0) is 12.2. The lowest BCUT2D eigenvalue weighted by atomic mass is 10.3. The van der Waals surface area contributed by atoms with Gasteiger partial charge in [-0.2, -0.15) is 0 Å². The van der Waals surface area contributed by atoms with Crippen molar-refractivity contribution in [3.63, 3.8) is 0 Å². The van der Waals surface area contributed by atoms with E-state index in [1.54, 1.807) is 4.24 Å². The van der Waals surface area contributed by atoms with Crippen LogP contribution in [0.15, 0.2) is 29.2 Å². The molecule has 16 heavy (non-hydrogen) atoms. The van der Waals surface area contributed by atoms with Crippen LogP contribution < -0.4 is 9.56 Å². The third-order valence-electron chi connectivity index (χ3n) is 1.67. The summed E-state index contributed by atoms with van der Waals surface area (Å²) >= 11 is 10.3. The van der Waals surface area contributed by atoms with Gasteiger partial charge in [-0.3, -0.25) is 4.79 Å².